The first kappa shape index (κ1) is 13.4. The molecular weight excluding hydrogens is 226 g/mol. The molecule has 2 unspecified atom stereocenters. The maximum atomic E-state index is 5.94. The summed E-state index contributed by atoms with van der Waals surface area (Å²) in [6.45, 7) is 3.03. The molecule has 1 N–H and O–H groups in total. The quantitative estimate of drug-likeness (QED) is 0.806. The van der Waals surface area contributed by atoms with Crippen LogP contribution in [-0.2, 0) is 4.74 Å². The van der Waals surface area contributed by atoms with Crippen molar-refractivity contribution < 1.29 is 9.47 Å². The van der Waals surface area contributed by atoms with Gasteiger partial charge in [0, 0.05) is 6.61 Å². The van der Waals surface area contributed by atoms with Gasteiger partial charge in [0.25, 0.3) is 0 Å². The molecule has 0 aromatic heterocycles. The lowest BCUT2D eigenvalue weighted by atomic mass is 10.0. The van der Waals surface area contributed by atoms with Crippen molar-refractivity contribution >= 4 is 0 Å². The summed E-state index contributed by atoms with van der Waals surface area (Å²) in [5.41, 5.74) is 1.24. The molecule has 100 valence electrons. The van der Waals surface area contributed by atoms with Crippen LogP contribution in [0.25, 0.3) is 0 Å². The SMILES string of the molecule is CNC(c1ccc(OC)cc1)C(C)OCC1CC1. The smallest absolute Gasteiger partial charge is 0.118 e. The highest BCUT2D eigenvalue weighted by Crippen LogP contribution is 2.30. The van der Waals surface area contributed by atoms with Crippen molar-refractivity contribution in [1.29, 1.82) is 0 Å². The fraction of sp³-hybridized carbons (Fsp3) is 0.600. The lowest BCUT2D eigenvalue weighted by Crippen LogP contribution is -2.30. The van der Waals surface area contributed by atoms with E-state index in [1.54, 1.807) is 7.11 Å². The van der Waals surface area contributed by atoms with Crippen molar-refractivity contribution in [2.45, 2.75) is 31.9 Å². The van der Waals surface area contributed by atoms with Crippen LogP contribution in [0.3, 0.4) is 0 Å². The van der Waals surface area contributed by atoms with E-state index in [1.807, 2.05) is 19.2 Å². The normalized spacial score (nSPS) is 18.4. The van der Waals surface area contributed by atoms with Gasteiger partial charge in [-0.15, -0.1) is 0 Å². The largest absolute Gasteiger partial charge is 0.497 e. The third-order valence-corrected chi connectivity index (χ3v) is 3.55. The molecular formula is C15H23NO2. The zero-order valence-electron chi connectivity index (χ0n) is 11.5. The molecule has 1 aromatic rings. The van der Waals surface area contributed by atoms with Crippen molar-refractivity contribution in [2.75, 3.05) is 20.8 Å². The third kappa shape index (κ3) is 3.47. The number of hydrogen-bond donors (Lipinski definition) is 1. The number of hydrogen-bond acceptors (Lipinski definition) is 3. The zero-order chi connectivity index (χ0) is 13.0. The van der Waals surface area contributed by atoms with E-state index in [0.717, 1.165) is 18.3 Å². The molecule has 0 heterocycles. The highest BCUT2D eigenvalue weighted by atomic mass is 16.5. The van der Waals surface area contributed by atoms with Gasteiger partial charge in [-0.1, -0.05) is 12.1 Å². The molecule has 0 spiro atoms. The number of rotatable bonds is 7. The van der Waals surface area contributed by atoms with Gasteiger partial charge in [-0.25, -0.2) is 0 Å². The van der Waals surface area contributed by atoms with Crippen molar-refractivity contribution in [2.24, 2.45) is 5.92 Å². The molecule has 2 rings (SSSR count). The zero-order valence-corrected chi connectivity index (χ0v) is 11.5. The fourth-order valence-electron chi connectivity index (χ4n) is 2.15. The van der Waals surface area contributed by atoms with Crippen LogP contribution >= 0.6 is 0 Å². The average molecular weight is 249 g/mol. The van der Waals surface area contributed by atoms with E-state index in [-0.39, 0.29) is 12.1 Å². The van der Waals surface area contributed by atoms with E-state index in [2.05, 4.69) is 24.4 Å². The molecule has 1 saturated carbocycles. The van der Waals surface area contributed by atoms with Gasteiger partial charge in [-0.3, -0.25) is 0 Å². The first-order valence-electron chi connectivity index (χ1n) is 6.67. The third-order valence-electron chi connectivity index (χ3n) is 3.55. The first-order chi connectivity index (χ1) is 8.74. The van der Waals surface area contributed by atoms with Crippen LogP contribution in [-0.4, -0.2) is 26.9 Å². The van der Waals surface area contributed by atoms with Crippen LogP contribution in [0.2, 0.25) is 0 Å². The summed E-state index contributed by atoms with van der Waals surface area (Å²) in [5.74, 6) is 1.70. The van der Waals surface area contributed by atoms with Gasteiger partial charge in [-0.2, -0.15) is 0 Å². The van der Waals surface area contributed by atoms with E-state index >= 15 is 0 Å². The molecule has 1 aliphatic rings. The molecule has 2 atom stereocenters. The summed E-state index contributed by atoms with van der Waals surface area (Å²) < 4.78 is 11.1. The van der Waals surface area contributed by atoms with E-state index in [9.17, 15) is 0 Å². The Kier molecular flexibility index (Phi) is 4.61. The Bertz CT molecular complexity index is 359. The maximum Gasteiger partial charge on any atom is 0.118 e. The fourth-order valence-corrected chi connectivity index (χ4v) is 2.15. The molecule has 0 aliphatic heterocycles. The molecule has 0 bridgehead atoms. The van der Waals surface area contributed by atoms with Crippen LogP contribution in [0.5, 0.6) is 5.75 Å². The Balaban J connectivity index is 1.95. The van der Waals surface area contributed by atoms with Gasteiger partial charge in [0.2, 0.25) is 0 Å². The number of methoxy groups -OCH3 is 1. The second kappa shape index (κ2) is 6.21. The minimum absolute atomic E-state index is 0.184. The minimum atomic E-state index is 0.184. The lowest BCUT2D eigenvalue weighted by Gasteiger charge is -2.24. The molecule has 0 amide bonds. The Morgan fingerprint density at radius 2 is 1.94 bits per heavy atom. The van der Waals surface area contributed by atoms with Gasteiger partial charge in [0.15, 0.2) is 0 Å². The summed E-state index contributed by atoms with van der Waals surface area (Å²) in [5, 5.41) is 3.33. The summed E-state index contributed by atoms with van der Waals surface area (Å²) in [6.07, 6.45) is 2.85. The van der Waals surface area contributed by atoms with Crippen LogP contribution < -0.4 is 10.1 Å². The van der Waals surface area contributed by atoms with Crippen molar-refractivity contribution in [3.63, 3.8) is 0 Å². The predicted molar refractivity (Wildman–Crippen MR) is 72.9 cm³/mol. The standard InChI is InChI=1S/C15H23NO2/c1-11(18-10-12-4-5-12)15(16-2)13-6-8-14(17-3)9-7-13/h6-9,11-12,15-16H,4-5,10H2,1-3H3. The van der Waals surface area contributed by atoms with E-state index < -0.39 is 0 Å². The van der Waals surface area contributed by atoms with Crippen LogP contribution in [0.4, 0.5) is 0 Å². The monoisotopic (exact) mass is 249 g/mol. The highest BCUT2D eigenvalue weighted by Gasteiger charge is 2.25. The molecule has 18 heavy (non-hydrogen) atoms. The Morgan fingerprint density at radius 1 is 1.28 bits per heavy atom. The summed E-state index contributed by atoms with van der Waals surface area (Å²) in [6, 6.07) is 8.41. The minimum Gasteiger partial charge on any atom is -0.497 e. The molecule has 3 nitrogen and oxygen atoms in total. The Morgan fingerprint density at radius 3 is 2.44 bits per heavy atom. The predicted octanol–water partition coefficient (Wildman–Crippen LogP) is 2.77. The molecule has 1 fully saturated rings. The van der Waals surface area contributed by atoms with E-state index in [4.69, 9.17) is 9.47 Å². The number of benzene rings is 1. The molecule has 0 saturated heterocycles. The van der Waals surface area contributed by atoms with Crippen molar-refractivity contribution in [1.82, 2.24) is 5.32 Å². The van der Waals surface area contributed by atoms with Crippen LogP contribution in [0.1, 0.15) is 31.4 Å². The average Bonchev–Trinajstić information content (AvgIpc) is 3.22. The second-order valence-electron chi connectivity index (χ2n) is 5.02. The summed E-state index contributed by atoms with van der Waals surface area (Å²) in [7, 11) is 3.66. The molecule has 3 heteroatoms. The van der Waals surface area contributed by atoms with Gasteiger partial charge in [0.05, 0.1) is 19.3 Å². The number of nitrogens with one attached hydrogen (secondary N) is 1. The Labute approximate surface area is 109 Å². The van der Waals surface area contributed by atoms with Crippen LogP contribution in [0, 0.1) is 5.92 Å². The van der Waals surface area contributed by atoms with Crippen molar-refractivity contribution in [3.8, 4) is 5.75 Å². The first-order valence-corrected chi connectivity index (χ1v) is 6.67. The van der Waals surface area contributed by atoms with Gasteiger partial charge in [-0.05, 0) is 50.4 Å². The number of ether oxygens (including phenoxy) is 2. The molecule has 0 radical (unpaired) electrons. The van der Waals surface area contributed by atoms with E-state index in [1.165, 1.54) is 18.4 Å². The van der Waals surface area contributed by atoms with Gasteiger partial charge < -0.3 is 14.8 Å². The Hall–Kier alpha value is -1.06. The number of likely N-dealkylation sites (N-methyl/N-ethyl adjacent to an activating group) is 1. The van der Waals surface area contributed by atoms with Crippen molar-refractivity contribution in [3.05, 3.63) is 29.8 Å². The van der Waals surface area contributed by atoms with Gasteiger partial charge in [0.1, 0.15) is 5.75 Å². The highest BCUT2D eigenvalue weighted by molar-refractivity contribution is 5.29. The lowest BCUT2D eigenvalue weighted by molar-refractivity contribution is 0.0337. The van der Waals surface area contributed by atoms with Crippen LogP contribution in [0.15, 0.2) is 24.3 Å². The van der Waals surface area contributed by atoms with E-state index in [0.29, 0.717) is 0 Å². The van der Waals surface area contributed by atoms with Gasteiger partial charge >= 0.3 is 0 Å². The second-order valence-corrected chi connectivity index (χ2v) is 5.02. The maximum absolute atomic E-state index is 5.94. The molecule has 1 aromatic carbocycles. The topological polar surface area (TPSA) is 30.5 Å². The summed E-state index contributed by atoms with van der Waals surface area (Å²) in [4.78, 5) is 0. The molecule has 1 aliphatic carbocycles. The summed E-state index contributed by atoms with van der Waals surface area (Å²) >= 11 is 0.